The third-order valence-electron chi connectivity index (χ3n) is 5.57. The summed E-state index contributed by atoms with van der Waals surface area (Å²) in [5.41, 5.74) is 4.57. The topological polar surface area (TPSA) is 76.7 Å². The molecule has 3 aromatic rings. The third-order valence-corrected chi connectivity index (χ3v) is 5.57. The molecule has 1 unspecified atom stereocenters. The number of hydrogen-bond donors (Lipinski definition) is 2. The number of ether oxygens (including phenoxy) is 2. The molecule has 34 heavy (non-hydrogen) atoms. The average molecular weight is 457 g/mol. The summed E-state index contributed by atoms with van der Waals surface area (Å²) in [6, 6.07) is 23.7. The van der Waals surface area contributed by atoms with Crippen LogP contribution >= 0.6 is 0 Å². The van der Waals surface area contributed by atoms with Crippen LogP contribution in [0, 0.1) is 6.92 Å². The quantitative estimate of drug-likeness (QED) is 0.474. The number of hydrogen-bond acceptors (Lipinski definition) is 4. The minimum atomic E-state index is -0.666. The van der Waals surface area contributed by atoms with Crippen LogP contribution in [0.4, 0.5) is 4.79 Å². The number of carbonyl (C=O) groups is 2. The maximum Gasteiger partial charge on any atom is 0.338 e. The zero-order valence-electron chi connectivity index (χ0n) is 19.5. The molecule has 2 amide bonds. The number of urea groups is 1. The van der Waals surface area contributed by atoms with Crippen LogP contribution in [0.15, 0.2) is 84.4 Å². The van der Waals surface area contributed by atoms with E-state index in [4.69, 9.17) is 9.47 Å². The fraction of sp³-hybridized carbons (Fsp3) is 0.214. The van der Waals surface area contributed by atoms with Crippen LogP contribution in [-0.4, -0.2) is 18.1 Å². The third kappa shape index (κ3) is 5.29. The Labute approximate surface area is 199 Å². The molecule has 0 radical (unpaired) electrons. The fourth-order valence-electron chi connectivity index (χ4n) is 3.83. The van der Waals surface area contributed by atoms with Crippen LogP contribution < -0.4 is 15.4 Å². The number of benzene rings is 3. The Bertz CT molecular complexity index is 1200. The van der Waals surface area contributed by atoms with E-state index in [9.17, 15) is 9.59 Å². The van der Waals surface area contributed by atoms with Gasteiger partial charge in [0.05, 0.1) is 23.4 Å². The first kappa shape index (κ1) is 23.1. The van der Waals surface area contributed by atoms with E-state index < -0.39 is 12.0 Å². The molecule has 6 nitrogen and oxygen atoms in total. The van der Waals surface area contributed by atoms with Gasteiger partial charge in [0.1, 0.15) is 12.4 Å². The molecule has 1 heterocycles. The molecule has 0 aromatic heterocycles. The van der Waals surface area contributed by atoms with E-state index in [1.165, 1.54) is 5.56 Å². The number of aryl methyl sites for hydroxylation is 1. The Kier molecular flexibility index (Phi) is 6.97. The second-order valence-electron chi connectivity index (χ2n) is 8.42. The van der Waals surface area contributed by atoms with Crippen molar-refractivity contribution in [3.05, 3.63) is 107 Å². The highest BCUT2D eigenvalue weighted by Crippen LogP contribution is 2.33. The summed E-state index contributed by atoms with van der Waals surface area (Å²) in [6.07, 6.45) is -0.299. The van der Waals surface area contributed by atoms with Gasteiger partial charge in [-0.25, -0.2) is 9.59 Å². The molecule has 0 bridgehead atoms. The molecule has 174 valence electrons. The molecule has 3 aromatic carbocycles. The molecule has 4 rings (SSSR count). The van der Waals surface area contributed by atoms with Gasteiger partial charge in [-0.05, 0) is 55.2 Å². The van der Waals surface area contributed by atoms with Gasteiger partial charge in [0.15, 0.2) is 0 Å². The van der Waals surface area contributed by atoms with E-state index in [1.54, 1.807) is 13.8 Å². The minimum absolute atomic E-state index is 0.299. The van der Waals surface area contributed by atoms with Crippen molar-refractivity contribution in [1.82, 2.24) is 10.6 Å². The number of nitrogens with one attached hydrogen (secondary N) is 2. The van der Waals surface area contributed by atoms with E-state index in [-0.39, 0.29) is 12.1 Å². The Morgan fingerprint density at radius 3 is 2.29 bits per heavy atom. The van der Waals surface area contributed by atoms with Crippen LogP contribution in [0.3, 0.4) is 0 Å². The van der Waals surface area contributed by atoms with Crippen LogP contribution in [0.25, 0.3) is 5.70 Å². The molecule has 0 fully saturated rings. The first-order valence-corrected chi connectivity index (χ1v) is 11.3. The van der Waals surface area contributed by atoms with Gasteiger partial charge >= 0.3 is 12.0 Å². The van der Waals surface area contributed by atoms with Crippen molar-refractivity contribution in [2.75, 3.05) is 0 Å². The van der Waals surface area contributed by atoms with Gasteiger partial charge in [0, 0.05) is 0 Å². The molecule has 2 N–H and O–H groups in total. The van der Waals surface area contributed by atoms with Gasteiger partial charge in [-0.15, -0.1) is 0 Å². The summed E-state index contributed by atoms with van der Waals surface area (Å²) in [5, 5.41) is 5.67. The van der Waals surface area contributed by atoms with Crippen molar-refractivity contribution in [3.8, 4) is 5.75 Å². The summed E-state index contributed by atoms with van der Waals surface area (Å²) >= 11 is 0. The van der Waals surface area contributed by atoms with Gasteiger partial charge in [0.25, 0.3) is 0 Å². The van der Waals surface area contributed by atoms with E-state index in [2.05, 4.69) is 23.6 Å². The number of rotatable bonds is 7. The standard InChI is InChI=1S/C28H28N2O4/c1-18(2)34-27(31)24-25(20-10-5-4-6-11-20)29-28(32)30-26(24)21-13-15-23(16-14-21)33-17-22-12-8-7-9-19(22)3/h4-16,18,26H,17H2,1-3H3,(H2,29,30,32). The summed E-state index contributed by atoms with van der Waals surface area (Å²) < 4.78 is 11.5. The maximum atomic E-state index is 13.1. The largest absolute Gasteiger partial charge is 0.489 e. The van der Waals surface area contributed by atoms with Crippen LogP contribution in [-0.2, 0) is 16.1 Å². The molecule has 0 aliphatic carbocycles. The molecular formula is C28H28N2O4. The Morgan fingerprint density at radius 1 is 0.941 bits per heavy atom. The minimum Gasteiger partial charge on any atom is -0.489 e. The predicted octanol–water partition coefficient (Wildman–Crippen LogP) is 5.29. The molecule has 0 spiro atoms. The lowest BCUT2D eigenvalue weighted by Crippen LogP contribution is -2.45. The Hall–Kier alpha value is -4.06. The van der Waals surface area contributed by atoms with E-state index >= 15 is 0 Å². The van der Waals surface area contributed by atoms with Gasteiger partial charge in [-0.2, -0.15) is 0 Å². The molecule has 1 atom stereocenters. The van der Waals surface area contributed by atoms with Crippen LogP contribution in [0.5, 0.6) is 5.75 Å². The molecule has 0 saturated carbocycles. The summed E-state index contributed by atoms with van der Waals surface area (Å²) in [5.74, 6) is 0.220. The smallest absolute Gasteiger partial charge is 0.338 e. The Balaban J connectivity index is 1.64. The lowest BCUT2D eigenvalue weighted by molar-refractivity contribution is -0.143. The van der Waals surface area contributed by atoms with Crippen molar-refractivity contribution in [3.63, 3.8) is 0 Å². The summed E-state index contributed by atoms with van der Waals surface area (Å²) in [7, 11) is 0. The van der Waals surface area contributed by atoms with Crippen LogP contribution in [0.1, 0.15) is 42.1 Å². The highest BCUT2D eigenvalue weighted by molar-refractivity contribution is 6.04. The predicted molar refractivity (Wildman–Crippen MR) is 131 cm³/mol. The second-order valence-corrected chi connectivity index (χ2v) is 8.42. The van der Waals surface area contributed by atoms with Gasteiger partial charge in [0.2, 0.25) is 0 Å². The molecule has 1 aliphatic heterocycles. The van der Waals surface area contributed by atoms with Crippen molar-refractivity contribution in [2.45, 2.75) is 39.5 Å². The zero-order chi connectivity index (χ0) is 24.1. The monoisotopic (exact) mass is 456 g/mol. The van der Waals surface area contributed by atoms with Crippen molar-refractivity contribution >= 4 is 17.7 Å². The molecule has 0 saturated heterocycles. The highest BCUT2D eigenvalue weighted by atomic mass is 16.5. The van der Waals surface area contributed by atoms with E-state index in [1.807, 2.05) is 72.8 Å². The van der Waals surface area contributed by atoms with Gasteiger partial charge < -0.3 is 20.1 Å². The maximum absolute atomic E-state index is 13.1. The lowest BCUT2D eigenvalue weighted by Gasteiger charge is -2.30. The second kappa shape index (κ2) is 10.3. The fourth-order valence-corrected chi connectivity index (χ4v) is 3.83. The van der Waals surface area contributed by atoms with Gasteiger partial charge in [-0.1, -0.05) is 66.7 Å². The molecular weight excluding hydrogens is 428 g/mol. The van der Waals surface area contributed by atoms with E-state index in [0.29, 0.717) is 23.6 Å². The first-order chi connectivity index (χ1) is 16.4. The van der Waals surface area contributed by atoms with Gasteiger partial charge in [-0.3, -0.25) is 0 Å². The molecule has 1 aliphatic rings. The lowest BCUT2D eigenvalue weighted by atomic mass is 9.92. The number of carbonyl (C=O) groups excluding carboxylic acids is 2. The SMILES string of the molecule is Cc1ccccc1COc1ccc(C2NC(=O)NC(c3ccccc3)=C2C(=O)OC(C)C)cc1. The highest BCUT2D eigenvalue weighted by Gasteiger charge is 2.34. The van der Waals surface area contributed by atoms with Crippen molar-refractivity contribution in [2.24, 2.45) is 0 Å². The normalized spacial score (nSPS) is 15.5. The van der Waals surface area contributed by atoms with Crippen molar-refractivity contribution in [1.29, 1.82) is 0 Å². The van der Waals surface area contributed by atoms with E-state index in [0.717, 1.165) is 16.7 Å². The first-order valence-electron chi connectivity index (χ1n) is 11.3. The van der Waals surface area contributed by atoms with Crippen LogP contribution in [0.2, 0.25) is 0 Å². The summed E-state index contributed by atoms with van der Waals surface area (Å²) in [4.78, 5) is 25.7. The zero-order valence-corrected chi connectivity index (χ0v) is 19.5. The summed E-state index contributed by atoms with van der Waals surface area (Å²) in [6.45, 7) is 6.10. The number of amides is 2. The molecule has 6 heteroatoms. The number of esters is 1. The van der Waals surface area contributed by atoms with Crippen molar-refractivity contribution < 1.29 is 19.1 Å². The average Bonchev–Trinajstić information content (AvgIpc) is 2.83. The Morgan fingerprint density at radius 2 is 1.62 bits per heavy atom.